The van der Waals surface area contributed by atoms with Crippen LogP contribution in [-0.2, 0) is 17.8 Å². The minimum absolute atomic E-state index is 0.0590. The lowest BCUT2D eigenvalue weighted by Crippen LogP contribution is -2.45. The molecule has 1 atom stereocenters. The highest BCUT2D eigenvalue weighted by Crippen LogP contribution is 2.27. The number of fused-ring (bicyclic) bond motifs is 1. The molecule has 6 nitrogen and oxygen atoms in total. The molecular weight excluding hydrogens is 350 g/mol. The molecule has 2 aliphatic heterocycles. The molecule has 1 unspecified atom stereocenters. The van der Waals surface area contributed by atoms with E-state index in [-0.39, 0.29) is 17.9 Å². The molecule has 0 bridgehead atoms. The molecule has 2 aliphatic rings. The van der Waals surface area contributed by atoms with Crippen LogP contribution in [0, 0.1) is 5.92 Å². The van der Waals surface area contributed by atoms with E-state index in [2.05, 4.69) is 47.7 Å². The van der Waals surface area contributed by atoms with Crippen LogP contribution < -0.4 is 15.5 Å². The number of hydrogen-bond acceptors (Lipinski definition) is 3. The van der Waals surface area contributed by atoms with Crippen molar-refractivity contribution in [3.05, 3.63) is 29.3 Å². The highest BCUT2D eigenvalue weighted by Gasteiger charge is 2.27. The average Bonchev–Trinajstić information content (AvgIpc) is 3.14. The Labute approximate surface area is 169 Å². The fourth-order valence-electron chi connectivity index (χ4n) is 4.06. The van der Waals surface area contributed by atoms with Crippen LogP contribution in [0.3, 0.4) is 0 Å². The number of carbonyl (C=O) groups excluding carboxylic acids is 1. The molecule has 0 spiro atoms. The van der Waals surface area contributed by atoms with Gasteiger partial charge in [0, 0.05) is 50.9 Å². The number of benzene rings is 1. The molecule has 1 amide bonds. The number of aryl methyl sites for hydroxylation is 1. The zero-order valence-electron chi connectivity index (χ0n) is 17.8. The van der Waals surface area contributed by atoms with Gasteiger partial charge in [-0.15, -0.1) is 0 Å². The van der Waals surface area contributed by atoms with Gasteiger partial charge in [-0.25, -0.2) is 4.99 Å². The fourth-order valence-corrected chi connectivity index (χ4v) is 4.06. The second-order valence-electron chi connectivity index (χ2n) is 8.25. The summed E-state index contributed by atoms with van der Waals surface area (Å²) < 4.78 is 0. The standard InChI is InChI=1S/C22H35N5O/c1-5-23-22(25-19-10-12-27(15-19)21(28)16(2)3)24-14-17-8-9-20-18(13-17)7-6-11-26(20)4/h8-9,13,16,19H,5-7,10-12,14-15H2,1-4H3,(H2,23,24,25). The zero-order chi connectivity index (χ0) is 20.1. The number of carbonyl (C=O) groups is 1. The van der Waals surface area contributed by atoms with Crippen LogP contribution >= 0.6 is 0 Å². The predicted molar refractivity (Wildman–Crippen MR) is 116 cm³/mol. The van der Waals surface area contributed by atoms with Crippen molar-refractivity contribution in [3.63, 3.8) is 0 Å². The maximum atomic E-state index is 12.2. The molecule has 0 radical (unpaired) electrons. The predicted octanol–water partition coefficient (Wildman–Crippen LogP) is 2.38. The van der Waals surface area contributed by atoms with Gasteiger partial charge in [-0.05, 0) is 43.4 Å². The SMILES string of the molecule is CCNC(=NCc1ccc2c(c1)CCCN2C)NC1CCN(C(=O)C(C)C)C1. The van der Waals surface area contributed by atoms with Crippen molar-refractivity contribution in [2.45, 2.75) is 52.6 Å². The largest absolute Gasteiger partial charge is 0.374 e. The number of guanidine groups is 1. The molecule has 1 fully saturated rings. The number of nitrogens with one attached hydrogen (secondary N) is 2. The van der Waals surface area contributed by atoms with Gasteiger partial charge in [-0.2, -0.15) is 0 Å². The van der Waals surface area contributed by atoms with Crippen LogP contribution in [0.25, 0.3) is 0 Å². The molecule has 1 aromatic carbocycles. The van der Waals surface area contributed by atoms with Gasteiger partial charge in [-0.3, -0.25) is 4.79 Å². The summed E-state index contributed by atoms with van der Waals surface area (Å²) in [5.74, 6) is 1.13. The third-order valence-corrected chi connectivity index (χ3v) is 5.59. The van der Waals surface area contributed by atoms with Gasteiger partial charge in [0.25, 0.3) is 0 Å². The second-order valence-corrected chi connectivity index (χ2v) is 8.25. The van der Waals surface area contributed by atoms with E-state index in [1.807, 2.05) is 18.7 Å². The third-order valence-electron chi connectivity index (χ3n) is 5.59. The van der Waals surface area contributed by atoms with E-state index in [9.17, 15) is 4.79 Å². The molecule has 0 aliphatic carbocycles. The maximum Gasteiger partial charge on any atom is 0.225 e. The van der Waals surface area contributed by atoms with E-state index >= 15 is 0 Å². The van der Waals surface area contributed by atoms with Crippen molar-refractivity contribution in [1.82, 2.24) is 15.5 Å². The van der Waals surface area contributed by atoms with Crippen molar-refractivity contribution in [1.29, 1.82) is 0 Å². The first kappa shape index (κ1) is 20.5. The van der Waals surface area contributed by atoms with Gasteiger partial charge < -0.3 is 20.4 Å². The quantitative estimate of drug-likeness (QED) is 0.604. The van der Waals surface area contributed by atoms with Crippen LogP contribution in [0.15, 0.2) is 23.2 Å². The van der Waals surface area contributed by atoms with Crippen LogP contribution in [0.1, 0.15) is 44.7 Å². The summed E-state index contributed by atoms with van der Waals surface area (Å²) in [6, 6.07) is 6.98. The van der Waals surface area contributed by atoms with Crippen LogP contribution in [0.4, 0.5) is 5.69 Å². The van der Waals surface area contributed by atoms with Gasteiger partial charge in [-0.1, -0.05) is 26.0 Å². The number of hydrogen-bond donors (Lipinski definition) is 2. The molecule has 0 saturated carbocycles. The number of rotatable bonds is 5. The lowest BCUT2D eigenvalue weighted by molar-refractivity contribution is -0.133. The Bertz CT molecular complexity index is 715. The van der Waals surface area contributed by atoms with Crippen molar-refractivity contribution >= 4 is 17.6 Å². The summed E-state index contributed by atoms with van der Waals surface area (Å²) in [7, 11) is 2.16. The van der Waals surface area contributed by atoms with E-state index in [1.165, 1.54) is 23.2 Å². The smallest absolute Gasteiger partial charge is 0.225 e. The van der Waals surface area contributed by atoms with Crippen molar-refractivity contribution in [2.75, 3.05) is 38.1 Å². The van der Waals surface area contributed by atoms with Gasteiger partial charge in [0.1, 0.15) is 0 Å². The van der Waals surface area contributed by atoms with Crippen molar-refractivity contribution in [2.24, 2.45) is 10.9 Å². The summed E-state index contributed by atoms with van der Waals surface area (Å²) in [6.45, 7) is 10.2. The Morgan fingerprint density at radius 1 is 1.32 bits per heavy atom. The fraction of sp³-hybridized carbons (Fsp3) is 0.636. The molecular formula is C22H35N5O. The molecule has 154 valence electrons. The van der Waals surface area contributed by atoms with Gasteiger partial charge in [0.05, 0.1) is 6.54 Å². The lowest BCUT2D eigenvalue weighted by atomic mass is 10.00. The maximum absolute atomic E-state index is 12.2. The Hall–Kier alpha value is -2.24. The lowest BCUT2D eigenvalue weighted by Gasteiger charge is -2.27. The Morgan fingerprint density at radius 3 is 2.89 bits per heavy atom. The van der Waals surface area contributed by atoms with E-state index in [1.54, 1.807) is 0 Å². The molecule has 6 heteroatoms. The van der Waals surface area contributed by atoms with E-state index in [0.29, 0.717) is 6.54 Å². The average molecular weight is 386 g/mol. The van der Waals surface area contributed by atoms with Crippen LogP contribution in [0.5, 0.6) is 0 Å². The van der Waals surface area contributed by atoms with Crippen molar-refractivity contribution < 1.29 is 4.79 Å². The number of amides is 1. The summed E-state index contributed by atoms with van der Waals surface area (Å²) in [5.41, 5.74) is 4.03. The first-order valence-electron chi connectivity index (χ1n) is 10.6. The van der Waals surface area contributed by atoms with E-state index < -0.39 is 0 Å². The third kappa shape index (κ3) is 4.97. The molecule has 2 heterocycles. The minimum Gasteiger partial charge on any atom is -0.374 e. The molecule has 0 aromatic heterocycles. The van der Waals surface area contributed by atoms with Crippen molar-refractivity contribution in [3.8, 4) is 0 Å². The Kier molecular flexibility index (Phi) is 6.81. The number of aliphatic imine (C=N–C) groups is 1. The summed E-state index contributed by atoms with van der Waals surface area (Å²) in [6.07, 6.45) is 3.33. The normalized spacial score (nSPS) is 19.8. The summed E-state index contributed by atoms with van der Waals surface area (Å²) in [4.78, 5) is 21.3. The number of likely N-dealkylation sites (tertiary alicyclic amines) is 1. The van der Waals surface area contributed by atoms with Crippen LogP contribution in [-0.4, -0.2) is 56.0 Å². The minimum atomic E-state index is 0.0590. The summed E-state index contributed by atoms with van der Waals surface area (Å²) in [5, 5.41) is 6.86. The molecule has 1 aromatic rings. The molecule has 1 saturated heterocycles. The molecule has 28 heavy (non-hydrogen) atoms. The van der Waals surface area contributed by atoms with Gasteiger partial charge in [0.2, 0.25) is 5.91 Å². The van der Waals surface area contributed by atoms with E-state index in [0.717, 1.165) is 45.0 Å². The molecule has 3 rings (SSSR count). The molecule has 2 N–H and O–H groups in total. The van der Waals surface area contributed by atoms with E-state index in [4.69, 9.17) is 4.99 Å². The Balaban J connectivity index is 1.61. The highest BCUT2D eigenvalue weighted by atomic mass is 16.2. The highest BCUT2D eigenvalue weighted by molar-refractivity contribution is 5.81. The number of nitrogens with zero attached hydrogens (tertiary/aromatic N) is 3. The summed E-state index contributed by atoms with van der Waals surface area (Å²) >= 11 is 0. The monoisotopic (exact) mass is 385 g/mol. The zero-order valence-corrected chi connectivity index (χ0v) is 17.8. The first-order chi connectivity index (χ1) is 13.5. The number of anilines is 1. The van der Waals surface area contributed by atoms with Gasteiger partial charge in [0.15, 0.2) is 5.96 Å². The second kappa shape index (κ2) is 9.30. The van der Waals surface area contributed by atoms with Gasteiger partial charge >= 0.3 is 0 Å². The van der Waals surface area contributed by atoms with Crippen LogP contribution in [0.2, 0.25) is 0 Å². The first-order valence-corrected chi connectivity index (χ1v) is 10.6. The topological polar surface area (TPSA) is 60.0 Å². The Morgan fingerprint density at radius 2 is 2.14 bits per heavy atom.